The zero-order chi connectivity index (χ0) is 14.6. The summed E-state index contributed by atoms with van der Waals surface area (Å²) in [5, 5.41) is 0. The molecule has 1 aromatic rings. The number of hydrogen-bond donors (Lipinski definition) is 1. The van der Waals surface area contributed by atoms with Gasteiger partial charge in [0.2, 0.25) is 10.0 Å². The van der Waals surface area contributed by atoms with Gasteiger partial charge in [-0.3, -0.25) is 0 Å². The number of nitrogens with zero attached hydrogens (tertiary/aromatic N) is 1. The van der Waals surface area contributed by atoms with E-state index in [1.165, 1.54) is 0 Å². The van der Waals surface area contributed by atoms with Crippen LogP contribution >= 0.6 is 11.8 Å². The molecule has 0 amide bonds. The Hall–Kier alpha value is -0.760. The molecular formula is C13H20N2O3S2. The average Bonchev–Trinajstić information content (AvgIpc) is 2.46. The number of ether oxygens (including phenoxy) is 1. The Labute approximate surface area is 124 Å². The van der Waals surface area contributed by atoms with Crippen molar-refractivity contribution in [3.8, 4) is 5.75 Å². The molecule has 1 fully saturated rings. The van der Waals surface area contributed by atoms with E-state index in [2.05, 4.69) is 0 Å². The van der Waals surface area contributed by atoms with Gasteiger partial charge >= 0.3 is 0 Å². The molecular weight excluding hydrogens is 296 g/mol. The Morgan fingerprint density at radius 3 is 2.70 bits per heavy atom. The fraction of sp³-hybridized carbons (Fsp3) is 0.538. The smallest absolute Gasteiger partial charge is 0.243 e. The minimum absolute atomic E-state index is 0.0342. The van der Waals surface area contributed by atoms with Crippen molar-refractivity contribution in [1.82, 2.24) is 4.31 Å². The minimum Gasteiger partial charge on any atom is -0.492 e. The molecule has 1 saturated heterocycles. The third kappa shape index (κ3) is 3.46. The monoisotopic (exact) mass is 316 g/mol. The first-order chi connectivity index (χ1) is 9.55. The lowest BCUT2D eigenvalue weighted by atomic mass is 10.3. The minimum atomic E-state index is -3.41. The summed E-state index contributed by atoms with van der Waals surface area (Å²) in [5.41, 5.74) is 5.36. The molecule has 1 aliphatic rings. The van der Waals surface area contributed by atoms with E-state index in [0.717, 1.165) is 11.5 Å². The van der Waals surface area contributed by atoms with E-state index in [1.54, 1.807) is 40.3 Å². The quantitative estimate of drug-likeness (QED) is 0.882. The number of hydrogen-bond acceptors (Lipinski definition) is 5. The molecule has 7 heteroatoms. The number of thioether (sulfide) groups is 1. The summed E-state index contributed by atoms with van der Waals surface area (Å²) in [4.78, 5) is 0.316. The maximum atomic E-state index is 12.6. The molecule has 1 atom stereocenters. The normalized spacial score (nSPS) is 20.8. The molecule has 0 saturated carbocycles. The van der Waals surface area contributed by atoms with Gasteiger partial charge in [-0.05, 0) is 31.2 Å². The standard InChI is InChI=1S/C13H20N2O3S2/c1-11-10-19-9-7-15(11)20(16,17)13-4-2-12(3-5-13)18-8-6-14/h2-5,11H,6-10,14H2,1H3. The van der Waals surface area contributed by atoms with Gasteiger partial charge in [-0.2, -0.15) is 16.1 Å². The van der Waals surface area contributed by atoms with Crippen LogP contribution in [0.3, 0.4) is 0 Å². The number of nitrogens with two attached hydrogens (primary N) is 1. The molecule has 5 nitrogen and oxygen atoms in total. The molecule has 0 spiro atoms. The second kappa shape index (κ2) is 6.80. The number of sulfonamides is 1. The largest absolute Gasteiger partial charge is 0.492 e. The van der Waals surface area contributed by atoms with Crippen LogP contribution in [0.25, 0.3) is 0 Å². The van der Waals surface area contributed by atoms with Crippen molar-refractivity contribution >= 4 is 21.8 Å². The van der Waals surface area contributed by atoms with Crippen LogP contribution in [0.1, 0.15) is 6.92 Å². The predicted octanol–water partition coefficient (Wildman–Crippen LogP) is 1.15. The fourth-order valence-corrected chi connectivity index (χ4v) is 4.94. The molecule has 0 bridgehead atoms. The van der Waals surface area contributed by atoms with Gasteiger partial charge < -0.3 is 10.5 Å². The number of benzene rings is 1. The highest BCUT2D eigenvalue weighted by Crippen LogP contribution is 2.25. The molecule has 1 unspecified atom stereocenters. The third-order valence-corrected chi connectivity index (χ3v) is 6.34. The SMILES string of the molecule is CC1CSCCN1S(=O)(=O)c1ccc(OCCN)cc1. The molecule has 0 aliphatic carbocycles. The summed E-state index contributed by atoms with van der Waals surface area (Å²) in [6.45, 7) is 3.37. The summed E-state index contributed by atoms with van der Waals surface area (Å²) >= 11 is 1.79. The van der Waals surface area contributed by atoms with Gasteiger partial charge in [-0.15, -0.1) is 0 Å². The van der Waals surface area contributed by atoms with Crippen molar-refractivity contribution in [3.05, 3.63) is 24.3 Å². The van der Waals surface area contributed by atoms with Crippen molar-refractivity contribution in [2.45, 2.75) is 17.9 Å². The van der Waals surface area contributed by atoms with Crippen molar-refractivity contribution in [3.63, 3.8) is 0 Å². The highest BCUT2D eigenvalue weighted by molar-refractivity contribution is 7.99. The molecule has 0 radical (unpaired) electrons. The van der Waals surface area contributed by atoms with Crippen LogP contribution in [0.2, 0.25) is 0 Å². The van der Waals surface area contributed by atoms with Crippen molar-refractivity contribution in [1.29, 1.82) is 0 Å². The topological polar surface area (TPSA) is 72.6 Å². The summed E-state index contributed by atoms with van der Waals surface area (Å²) in [6, 6.07) is 6.57. The number of rotatable bonds is 5. The fourth-order valence-electron chi connectivity index (χ4n) is 2.09. The van der Waals surface area contributed by atoms with E-state index >= 15 is 0 Å². The first-order valence-electron chi connectivity index (χ1n) is 6.58. The molecule has 1 heterocycles. The van der Waals surface area contributed by atoms with Gasteiger partial charge in [0.15, 0.2) is 0 Å². The molecule has 2 rings (SSSR count). The maximum Gasteiger partial charge on any atom is 0.243 e. The Morgan fingerprint density at radius 1 is 1.40 bits per heavy atom. The summed E-state index contributed by atoms with van der Waals surface area (Å²) in [6.07, 6.45) is 0. The molecule has 2 N–H and O–H groups in total. The zero-order valence-corrected chi connectivity index (χ0v) is 13.1. The zero-order valence-electron chi connectivity index (χ0n) is 11.5. The van der Waals surface area contributed by atoms with E-state index in [1.807, 2.05) is 6.92 Å². The van der Waals surface area contributed by atoms with Crippen LogP contribution in [0.5, 0.6) is 5.75 Å². The summed E-state index contributed by atoms with van der Waals surface area (Å²) in [5.74, 6) is 2.33. The summed E-state index contributed by atoms with van der Waals surface area (Å²) < 4.78 is 32.1. The van der Waals surface area contributed by atoms with E-state index in [9.17, 15) is 8.42 Å². The predicted molar refractivity (Wildman–Crippen MR) is 81.7 cm³/mol. The van der Waals surface area contributed by atoms with Gasteiger partial charge in [-0.1, -0.05) is 0 Å². The van der Waals surface area contributed by atoms with Crippen molar-refractivity contribution < 1.29 is 13.2 Å². The third-order valence-electron chi connectivity index (χ3n) is 3.12. The van der Waals surface area contributed by atoms with Crippen molar-refractivity contribution in [2.75, 3.05) is 31.2 Å². The molecule has 1 aliphatic heterocycles. The van der Waals surface area contributed by atoms with Crippen LogP contribution in [0, 0.1) is 0 Å². The first-order valence-corrected chi connectivity index (χ1v) is 9.17. The second-order valence-corrected chi connectivity index (χ2v) is 7.69. The molecule has 0 aromatic heterocycles. The first kappa shape index (κ1) is 15.6. The van der Waals surface area contributed by atoms with Gasteiger partial charge in [0, 0.05) is 30.6 Å². The maximum absolute atomic E-state index is 12.6. The van der Waals surface area contributed by atoms with E-state index < -0.39 is 10.0 Å². The molecule has 20 heavy (non-hydrogen) atoms. The Balaban J connectivity index is 2.16. The van der Waals surface area contributed by atoms with Crippen molar-refractivity contribution in [2.24, 2.45) is 5.73 Å². The lowest BCUT2D eigenvalue weighted by molar-refractivity contribution is 0.328. The lowest BCUT2D eigenvalue weighted by Gasteiger charge is -2.31. The second-order valence-electron chi connectivity index (χ2n) is 4.65. The van der Waals surface area contributed by atoms with Gasteiger partial charge in [0.1, 0.15) is 12.4 Å². The van der Waals surface area contributed by atoms with E-state index in [4.69, 9.17) is 10.5 Å². The van der Waals surface area contributed by atoms with E-state index in [0.29, 0.717) is 30.3 Å². The average molecular weight is 316 g/mol. The van der Waals surface area contributed by atoms with Gasteiger partial charge in [0.25, 0.3) is 0 Å². The summed E-state index contributed by atoms with van der Waals surface area (Å²) in [7, 11) is -3.41. The molecule has 112 valence electrons. The van der Waals surface area contributed by atoms with Crippen LogP contribution in [0.15, 0.2) is 29.2 Å². The van der Waals surface area contributed by atoms with Crippen LogP contribution in [-0.4, -0.2) is 50.0 Å². The Morgan fingerprint density at radius 2 is 2.10 bits per heavy atom. The Bertz CT molecular complexity index is 531. The van der Waals surface area contributed by atoms with E-state index in [-0.39, 0.29) is 6.04 Å². The molecule has 1 aromatic carbocycles. The van der Waals surface area contributed by atoms with Crippen LogP contribution < -0.4 is 10.5 Å². The highest BCUT2D eigenvalue weighted by atomic mass is 32.2. The highest BCUT2D eigenvalue weighted by Gasteiger charge is 2.31. The lowest BCUT2D eigenvalue weighted by Crippen LogP contribution is -2.44. The van der Waals surface area contributed by atoms with Crippen LogP contribution in [0.4, 0.5) is 0 Å². The Kier molecular flexibility index (Phi) is 5.31. The van der Waals surface area contributed by atoms with Gasteiger partial charge in [0.05, 0.1) is 4.90 Å². The van der Waals surface area contributed by atoms with Gasteiger partial charge in [-0.25, -0.2) is 8.42 Å². The van der Waals surface area contributed by atoms with Crippen LogP contribution in [-0.2, 0) is 10.0 Å².